The molecule has 8 heteroatoms. The van der Waals surface area contributed by atoms with Crippen molar-refractivity contribution < 1.29 is 9.13 Å². The maximum Gasteiger partial charge on any atom is 0.150 e. The normalized spacial score (nSPS) is 11.7. The summed E-state index contributed by atoms with van der Waals surface area (Å²) in [5.41, 5.74) is 4.37. The number of rotatable bonds is 8. The Balaban J connectivity index is 1.52. The van der Waals surface area contributed by atoms with Crippen LogP contribution in [0.2, 0.25) is 0 Å². The van der Waals surface area contributed by atoms with Gasteiger partial charge in [-0.25, -0.2) is 9.37 Å². The van der Waals surface area contributed by atoms with E-state index in [0.29, 0.717) is 17.8 Å². The molecule has 0 amide bonds. The van der Waals surface area contributed by atoms with Crippen molar-refractivity contribution in [2.75, 3.05) is 26.2 Å². The monoisotopic (exact) mass is 458 g/mol. The van der Waals surface area contributed by atoms with E-state index in [1.807, 2.05) is 43.6 Å². The standard InChI is InChI=1S/C26H27FN6O/c1-4-33(5-2)10-11-34-19-8-6-17(7-9-19)24-21(27)14-29-26-25(24)20-12-22(28-15-23(20)31-26)18-13-30-32(3)16-18/h6-9,12-16H,4-5,10-11H2,1-3H3,(H,29,31). The molecule has 0 aliphatic rings. The van der Waals surface area contributed by atoms with Gasteiger partial charge < -0.3 is 14.6 Å². The van der Waals surface area contributed by atoms with Gasteiger partial charge in [0.05, 0.1) is 29.8 Å². The molecule has 1 aromatic carbocycles. The molecule has 174 valence electrons. The molecule has 1 N–H and O–H groups in total. The number of aryl methyl sites for hydroxylation is 1. The molecule has 0 radical (unpaired) electrons. The topological polar surface area (TPSA) is 71.9 Å². The lowest BCUT2D eigenvalue weighted by Gasteiger charge is -2.18. The fraction of sp³-hybridized carbons (Fsp3) is 0.269. The summed E-state index contributed by atoms with van der Waals surface area (Å²) >= 11 is 0. The van der Waals surface area contributed by atoms with Crippen LogP contribution < -0.4 is 4.74 Å². The second kappa shape index (κ2) is 9.23. The molecule has 0 unspecified atom stereocenters. The number of pyridine rings is 2. The first-order chi connectivity index (χ1) is 16.6. The van der Waals surface area contributed by atoms with E-state index in [4.69, 9.17) is 4.74 Å². The van der Waals surface area contributed by atoms with Gasteiger partial charge in [0.15, 0.2) is 0 Å². The van der Waals surface area contributed by atoms with Crippen LogP contribution in [0.4, 0.5) is 4.39 Å². The smallest absolute Gasteiger partial charge is 0.150 e. The van der Waals surface area contributed by atoms with Crippen LogP contribution in [0.15, 0.2) is 55.1 Å². The number of benzene rings is 1. The van der Waals surface area contributed by atoms with Gasteiger partial charge in [0.25, 0.3) is 0 Å². The molecule has 7 nitrogen and oxygen atoms in total. The number of halogens is 1. The van der Waals surface area contributed by atoms with E-state index >= 15 is 4.39 Å². The lowest BCUT2D eigenvalue weighted by Crippen LogP contribution is -2.27. The molecular weight excluding hydrogens is 431 g/mol. The molecule has 4 heterocycles. The fourth-order valence-corrected chi connectivity index (χ4v) is 4.28. The molecule has 5 rings (SSSR count). The van der Waals surface area contributed by atoms with Gasteiger partial charge in [0, 0.05) is 41.7 Å². The molecule has 4 aromatic heterocycles. The van der Waals surface area contributed by atoms with Gasteiger partial charge in [-0.2, -0.15) is 5.10 Å². The summed E-state index contributed by atoms with van der Waals surface area (Å²) in [5.74, 6) is 0.395. The molecule has 0 aliphatic carbocycles. The number of ether oxygens (including phenoxy) is 1. The van der Waals surface area contributed by atoms with Crippen molar-refractivity contribution in [1.29, 1.82) is 0 Å². The van der Waals surface area contributed by atoms with E-state index in [0.717, 1.165) is 58.5 Å². The summed E-state index contributed by atoms with van der Waals surface area (Å²) in [4.78, 5) is 14.4. The molecule has 5 aromatic rings. The van der Waals surface area contributed by atoms with Crippen LogP contribution in [0.3, 0.4) is 0 Å². The Bertz CT molecular complexity index is 1440. The Morgan fingerprint density at radius 2 is 1.82 bits per heavy atom. The van der Waals surface area contributed by atoms with Gasteiger partial charge >= 0.3 is 0 Å². The van der Waals surface area contributed by atoms with Crippen LogP contribution in [-0.4, -0.2) is 55.9 Å². The Morgan fingerprint density at radius 3 is 2.53 bits per heavy atom. The van der Waals surface area contributed by atoms with Gasteiger partial charge in [0.2, 0.25) is 0 Å². The molecular formula is C26H27FN6O. The molecule has 0 bridgehead atoms. The van der Waals surface area contributed by atoms with Crippen molar-refractivity contribution in [2.45, 2.75) is 13.8 Å². The van der Waals surface area contributed by atoms with Crippen LogP contribution in [0.1, 0.15) is 13.8 Å². The fourth-order valence-electron chi connectivity index (χ4n) is 4.28. The molecule has 0 aliphatic heterocycles. The van der Waals surface area contributed by atoms with E-state index in [1.165, 1.54) is 6.20 Å². The van der Waals surface area contributed by atoms with Gasteiger partial charge in [-0.05, 0) is 36.9 Å². The van der Waals surface area contributed by atoms with E-state index in [1.54, 1.807) is 17.1 Å². The summed E-state index contributed by atoms with van der Waals surface area (Å²) in [6, 6.07) is 9.53. The van der Waals surface area contributed by atoms with Crippen LogP contribution in [-0.2, 0) is 7.05 Å². The Hall–Kier alpha value is -3.78. The average molecular weight is 459 g/mol. The maximum atomic E-state index is 15.2. The first kappa shape index (κ1) is 22.0. The number of nitrogens with one attached hydrogen (secondary N) is 1. The molecule has 0 spiro atoms. The van der Waals surface area contributed by atoms with E-state index in [2.05, 4.69) is 38.8 Å². The number of aromatic amines is 1. The Kier molecular flexibility index (Phi) is 5.98. The highest BCUT2D eigenvalue weighted by molar-refractivity contribution is 6.13. The van der Waals surface area contributed by atoms with Crippen LogP contribution in [0, 0.1) is 5.82 Å². The zero-order valence-electron chi connectivity index (χ0n) is 19.5. The lowest BCUT2D eigenvalue weighted by molar-refractivity contribution is 0.223. The number of nitrogens with zero attached hydrogens (tertiary/aromatic N) is 5. The first-order valence-electron chi connectivity index (χ1n) is 11.5. The highest BCUT2D eigenvalue weighted by Crippen LogP contribution is 2.37. The van der Waals surface area contributed by atoms with Crippen molar-refractivity contribution in [3.8, 4) is 28.1 Å². The third kappa shape index (κ3) is 4.12. The van der Waals surface area contributed by atoms with Crippen molar-refractivity contribution in [2.24, 2.45) is 7.05 Å². The second-order valence-corrected chi connectivity index (χ2v) is 8.25. The molecule has 0 saturated heterocycles. The van der Waals surface area contributed by atoms with Gasteiger partial charge in [-0.15, -0.1) is 0 Å². The van der Waals surface area contributed by atoms with Crippen LogP contribution in [0.5, 0.6) is 5.75 Å². The number of fused-ring (bicyclic) bond motifs is 3. The summed E-state index contributed by atoms with van der Waals surface area (Å²) < 4.78 is 22.8. The SMILES string of the molecule is CCN(CC)CCOc1ccc(-c2c(F)cnc3[nH]c4cnc(-c5cnn(C)c5)cc4c23)cc1. The molecule has 0 atom stereocenters. The maximum absolute atomic E-state index is 15.2. The average Bonchev–Trinajstić information content (AvgIpc) is 3.45. The molecule has 34 heavy (non-hydrogen) atoms. The first-order valence-corrected chi connectivity index (χ1v) is 11.5. The van der Waals surface area contributed by atoms with Gasteiger partial charge in [0.1, 0.15) is 23.8 Å². The number of hydrogen-bond acceptors (Lipinski definition) is 5. The number of hydrogen-bond donors (Lipinski definition) is 1. The van der Waals surface area contributed by atoms with Crippen LogP contribution >= 0.6 is 0 Å². The van der Waals surface area contributed by atoms with Crippen molar-refractivity contribution in [3.05, 3.63) is 60.9 Å². The van der Waals surface area contributed by atoms with E-state index in [9.17, 15) is 0 Å². The van der Waals surface area contributed by atoms with Crippen molar-refractivity contribution in [1.82, 2.24) is 29.6 Å². The zero-order chi connectivity index (χ0) is 23.7. The van der Waals surface area contributed by atoms with E-state index < -0.39 is 0 Å². The Labute approximate surface area is 197 Å². The zero-order valence-corrected chi connectivity index (χ0v) is 19.5. The van der Waals surface area contributed by atoms with Gasteiger partial charge in [-0.1, -0.05) is 26.0 Å². The third-order valence-corrected chi connectivity index (χ3v) is 6.17. The summed E-state index contributed by atoms with van der Waals surface area (Å²) in [7, 11) is 1.86. The summed E-state index contributed by atoms with van der Waals surface area (Å²) in [5, 5.41) is 5.83. The van der Waals surface area contributed by atoms with Gasteiger partial charge in [-0.3, -0.25) is 9.67 Å². The minimum atomic E-state index is -0.372. The Morgan fingerprint density at radius 1 is 1.03 bits per heavy atom. The number of likely N-dealkylation sites (N-methyl/N-ethyl adjacent to an activating group) is 1. The predicted octanol–water partition coefficient (Wildman–Crippen LogP) is 5.04. The summed E-state index contributed by atoms with van der Waals surface area (Å²) in [6.45, 7) is 7.77. The highest BCUT2D eigenvalue weighted by Gasteiger charge is 2.17. The van der Waals surface area contributed by atoms with Crippen LogP contribution in [0.25, 0.3) is 44.3 Å². The lowest BCUT2D eigenvalue weighted by atomic mass is 10.0. The summed E-state index contributed by atoms with van der Waals surface area (Å²) in [6.07, 6.45) is 6.69. The largest absolute Gasteiger partial charge is 0.492 e. The second-order valence-electron chi connectivity index (χ2n) is 8.25. The predicted molar refractivity (Wildman–Crippen MR) is 132 cm³/mol. The minimum Gasteiger partial charge on any atom is -0.492 e. The van der Waals surface area contributed by atoms with Crippen molar-refractivity contribution in [3.63, 3.8) is 0 Å². The van der Waals surface area contributed by atoms with Crippen molar-refractivity contribution >= 4 is 21.9 Å². The minimum absolute atomic E-state index is 0.372. The highest BCUT2D eigenvalue weighted by atomic mass is 19.1. The quantitative estimate of drug-likeness (QED) is 0.353. The van der Waals surface area contributed by atoms with E-state index in [-0.39, 0.29) is 5.82 Å². The number of H-pyrrole nitrogens is 1. The third-order valence-electron chi connectivity index (χ3n) is 6.17. The number of aromatic nitrogens is 5. The molecule has 0 saturated carbocycles. The molecule has 0 fully saturated rings.